The number of carbonyl (C=O) groups excluding carboxylic acids is 1. The molecule has 6 nitrogen and oxygen atoms in total. The Balaban J connectivity index is 1.79. The molecule has 1 amide bonds. The van der Waals surface area contributed by atoms with E-state index in [-0.39, 0.29) is 16.0 Å². The third-order valence-electron chi connectivity index (χ3n) is 6.86. The van der Waals surface area contributed by atoms with Gasteiger partial charge in [-0.15, -0.1) is 0 Å². The van der Waals surface area contributed by atoms with Crippen molar-refractivity contribution in [2.24, 2.45) is 5.92 Å². The first-order chi connectivity index (χ1) is 16.4. The zero-order valence-corrected chi connectivity index (χ0v) is 23.9. The molecule has 1 aliphatic heterocycles. The van der Waals surface area contributed by atoms with Gasteiger partial charge >= 0.3 is 212 Å². The average Bonchev–Trinajstić information content (AvgIpc) is 3.11. The van der Waals surface area contributed by atoms with Crippen LogP contribution in [0, 0.1) is 5.92 Å². The fourth-order valence-electron chi connectivity index (χ4n) is 4.98. The SMILES string of the molecule is C[C@@H]1CN(c2n[c]([Ge]([CH3])([CH3])[c]3ccccc3)ccc2C(=O)NS(=O)(=O)c2ccccc2)C(C)(C)C1. The molecule has 0 spiro atoms. The molecule has 1 fully saturated rings. The van der Waals surface area contributed by atoms with Crippen LogP contribution in [0.5, 0.6) is 0 Å². The second-order valence-corrected chi connectivity index (χ2v) is 21.3. The number of aromatic nitrogens is 1. The molecule has 0 radical (unpaired) electrons. The number of pyridine rings is 1. The Morgan fingerprint density at radius 2 is 1.60 bits per heavy atom. The number of hydrogen-bond acceptors (Lipinski definition) is 5. The third-order valence-corrected chi connectivity index (χ3v) is 15.2. The minimum absolute atomic E-state index is 0.0508. The van der Waals surface area contributed by atoms with Crippen LogP contribution in [0.3, 0.4) is 0 Å². The maximum absolute atomic E-state index is 13.4. The van der Waals surface area contributed by atoms with Gasteiger partial charge in [0, 0.05) is 0 Å². The molecule has 184 valence electrons. The second kappa shape index (κ2) is 9.43. The summed E-state index contributed by atoms with van der Waals surface area (Å²) in [6.45, 7) is 7.25. The summed E-state index contributed by atoms with van der Waals surface area (Å²) in [5.41, 5.74) is 0.0733. The number of nitrogens with one attached hydrogen (secondary N) is 1. The van der Waals surface area contributed by atoms with Crippen LogP contribution in [0.2, 0.25) is 11.5 Å². The molecule has 0 bridgehead atoms. The summed E-state index contributed by atoms with van der Waals surface area (Å²) in [4.78, 5) is 20.7. The van der Waals surface area contributed by atoms with E-state index in [4.69, 9.17) is 4.98 Å². The molecule has 1 atom stereocenters. The van der Waals surface area contributed by atoms with E-state index in [0.717, 1.165) is 17.5 Å². The molecule has 8 heteroatoms. The molecule has 1 aromatic heterocycles. The predicted octanol–water partition coefficient (Wildman–Crippen LogP) is 3.65. The van der Waals surface area contributed by atoms with Gasteiger partial charge in [0.05, 0.1) is 0 Å². The van der Waals surface area contributed by atoms with Crippen molar-refractivity contribution in [2.75, 3.05) is 11.4 Å². The van der Waals surface area contributed by atoms with E-state index in [0.29, 0.717) is 11.7 Å². The van der Waals surface area contributed by atoms with Crippen LogP contribution in [0.4, 0.5) is 5.82 Å². The Bertz CT molecular complexity index is 1330. The van der Waals surface area contributed by atoms with Gasteiger partial charge in [0.15, 0.2) is 0 Å². The fraction of sp³-hybridized carbons (Fsp3) is 0.333. The summed E-state index contributed by atoms with van der Waals surface area (Å²) < 4.78 is 30.3. The zero-order valence-electron chi connectivity index (χ0n) is 20.9. The average molecular weight is 552 g/mol. The van der Waals surface area contributed by atoms with Crippen molar-refractivity contribution >= 4 is 43.9 Å². The number of sulfonamides is 1. The van der Waals surface area contributed by atoms with Crippen molar-refractivity contribution in [3.63, 3.8) is 0 Å². The van der Waals surface area contributed by atoms with Crippen molar-refractivity contribution in [2.45, 2.75) is 49.1 Å². The summed E-state index contributed by atoms with van der Waals surface area (Å²) in [6, 6.07) is 22.0. The minimum atomic E-state index is -4.00. The number of benzene rings is 2. The monoisotopic (exact) mass is 553 g/mol. The van der Waals surface area contributed by atoms with E-state index < -0.39 is 29.2 Å². The molecule has 0 unspecified atom stereocenters. The first kappa shape index (κ1) is 25.4. The van der Waals surface area contributed by atoms with Gasteiger partial charge in [-0.25, -0.2) is 0 Å². The quantitative estimate of drug-likeness (QED) is 0.473. The van der Waals surface area contributed by atoms with Crippen molar-refractivity contribution in [1.29, 1.82) is 0 Å². The molecule has 4 rings (SSSR count). The molecule has 1 saturated heterocycles. The van der Waals surface area contributed by atoms with Gasteiger partial charge in [0.2, 0.25) is 0 Å². The molecule has 1 N–H and O–H groups in total. The van der Waals surface area contributed by atoms with Crippen molar-refractivity contribution in [1.82, 2.24) is 9.71 Å². The number of anilines is 1. The zero-order chi connectivity index (χ0) is 25.4. The van der Waals surface area contributed by atoms with Crippen molar-refractivity contribution < 1.29 is 13.2 Å². The Labute approximate surface area is 211 Å². The Hall–Kier alpha value is -2.65. The number of rotatable bonds is 6. The second-order valence-electron chi connectivity index (χ2n) is 10.5. The standard InChI is InChI=1S/C27H33GeN3O3S/c1-20-18-27(2,3)31(19-20)25-23(26(32)30-35(33,34)22-14-10-7-11-15-22)16-17-24(29-25)28(4,5)21-12-8-6-9-13-21/h6-17,20H,18-19H2,1-5H3,(H,30,32)/t20-/m0/s1. The Morgan fingerprint density at radius 3 is 2.17 bits per heavy atom. The van der Waals surface area contributed by atoms with Gasteiger partial charge < -0.3 is 0 Å². The summed E-state index contributed by atoms with van der Waals surface area (Å²) in [7, 11) is -4.00. The van der Waals surface area contributed by atoms with Gasteiger partial charge in [-0.2, -0.15) is 0 Å². The number of nitrogens with zero attached hydrogens (tertiary/aromatic N) is 2. The molecule has 2 aromatic carbocycles. The van der Waals surface area contributed by atoms with E-state index in [9.17, 15) is 13.2 Å². The summed E-state index contributed by atoms with van der Waals surface area (Å²) in [5.74, 6) is 4.91. The summed E-state index contributed by atoms with van der Waals surface area (Å²) in [6.07, 6.45) is 0.964. The molecule has 1 aliphatic rings. The molecular formula is C27H33GeN3O3S. The van der Waals surface area contributed by atoms with Crippen LogP contribution in [0.15, 0.2) is 77.7 Å². The number of amides is 1. The number of hydrogen-bond donors (Lipinski definition) is 1. The van der Waals surface area contributed by atoms with Crippen LogP contribution in [0.25, 0.3) is 0 Å². The van der Waals surface area contributed by atoms with Gasteiger partial charge in [0.1, 0.15) is 0 Å². The normalized spacial score (nSPS) is 17.9. The van der Waals surface area contributed by atoms with Gasteiger partial charge in [-0.05, 0) is 0 Å². The van der Waals surface area contributed by atoms with E-state index in [2.05, 4.69) is 54.0 Å². The van der Waals surface area contributed by atoms with Gasteiger partial charge in [-0.1, -0.05) is 0 Å². The van der Waals surface area contributed by atoms with Gasteiger partial charge in [-0.3, -0.25) is 0 Å². The molecule has 3 aromatic rings. The molecular weight excluding hydrogens is 519 g/mol. The first-order valence-electron chi connectivity index (χ1n) is 11.9. The van der Waals surface area contributed by atoms with Crippen LogP contribution < -0.4 is 18.5 Å². The topological polar surface area (TPSA) is 79.4 Å². The predicted molar refractivity (Wildman–Crippen MR) is 144 cm³/mol. The summed E-state index contributed by atoms with van der Waals surface area (Å²) in [5, 5.41) is 0. The first-order valence-corrected chi connectivity index (χ1v) is 19.7. The fourth-order valence-corrected chi connectivity index (χ4v) is 10.6. The third kappa shape index (κ3) is 5.16. The molecule has 0 aliphatic carbocycles. The van der Waals surface area contributed by atoms with Crippen molar-refractivity contribution in [3.05, 3.63) is 78.4 Å². The Kier molecular flexibility index (Phi) is 6.85. The van der Waals surface area contributed by atoms with E-state index >= 15 is 0 Å². The van der Waals surface area contributed by atoms with E-state index in [1.165, 1.54) is 16.5 Å². The van der Waals surface area contributed by atoms with E-state index in [1.54, 1.807) is 24.3 Å². The summed E-state index contributed by atoms with van der Waals surface area (Å²) >= 11 is -2.76. The van der Waals surface area contributed by atoms with Gasteiger partial charge in [0.25, 0.3) is 0 Å². The van der Waals surface area contributed by atoms with E-state index in [1.807, 2.05) is 24.3 Å². The van der Waals surface area contributed by atoms with Crippen LogP contribution >= 0.6 is 0 Å². The molecule has 0 saturated carbocycles. The molecule has 35 heavy (non-hydrogen) atoms. The molecule has 2 heterocycles. The van der Waals surface area contributed by atoms with Crippen LogP contribution in [-0.2, 0) is 10.0 Å². The van der Waals surface area contributed by atoms with Crippen molar-refractivity contribution in [3.8, 4) is 0 Å². The van der Waals surface area contributed by atoms with Crippen LogP contribution in [-0.4, -0.2) is 44.7 Å². The van der Waals surface area contributed by atoms with Crippen LogP contribution in [0.1, 0.15) is 37.6 Å². The number of carbonyl (C=O) groups is 1. The Morgan fingerprint density at radius 1 is 1.00 bits per heavy atom. The maximum atomic E-state index is 13.4.